The van der Waals surface area contributed by atoms with Crippen molar-refractivity contribution >= 4 is 17.3 Å². The maximum Gasteiger partial charge on any atom is 0.178 e. The SMILES string of the molecule is CC(C)Oc1ccc(Nc2nc(NN)c(F)cc2F)cc1. The van der Waals surface area contributed by atoms with Crippen molar-refractivity contribution in [3.05, 3.63) is 42.0 Å². The van der Waals surface area contributed by atoms with Gasteiger partial charge in [0.1, 0.15) is 5.75 Å². The largest absolute Gasteiger partial charge is 0.491 e. The Hall–Kier alpha value is -2.41. The van der Waals surface area contributed by atoms with Crippen LogP contribution in [-0.4, -0.2) is 11.1 Å². The number of pyridine rings is 1. The first-order chi connectivity index (χ1) is 9.99. The highest BCUT2D eigenvalue weighted by atomic mass is 19.1. The molecule has 0 aliphatic carbocycles. The zero-order chi connectivity index (χ0) is 15.4. The second kappa shape index (κ2) is 6.36. The number of nitrogen functional groups attached to an aromatic ring is 1. The predicted molar refractivity (Wildman–Crippen MR) is 77.5 cm³/mol. The molecule has 0 spiro atoms. The molecule has 0 saturated heterocycles. The van der Waals surface area contributed by atoms with Gasteiger partial charge >= 0.3 is 0 Å². The molecule has 112 valence electrons. The molecule has 0 fully saturated rings. The Morgan fingerprint density at radius 2 is 1.71 bits per heavy atom. The van der Waals surface area contributed by atoms with Crippen molar-refractivity contribution in [1.29, 1.82) is 0 Å². The molecule has 4 N–H and O–H groups in total. The number of aromatic nitrogens is 1. The molecule has 1 aromatic carbocycles. The minimum atomic E-state index is -0.860. The minimum absolute atomic E-state index is 0.0678. The van der Waals surface area contributed by atoms with Crippen LogP contribution in [0.2, 0.25) is 0 Å². The zero-order valence-corrected chi connectivity index (χ0v) is 11.7. The van der Waals surface area contributed by atoms with Crippen molar-refractivity contribution < 1.29 is 13.5 Å². The molecule has 1 aromatic heterocycles. The summed E-state index contributed by atoms with van der Waals surface area (Å²) in [5.41, 5.74) is 2.66. The standard InChI is InChI=1S/C14H16F2N4O/c1-8(2)21-10-5-3-9(4-6-10)18-13-11(15)7-12(16)14(19-13)20-17/h3-8H,17H2,1-2H3,(H2,18,19,20). The van der Waals surface area contributed by atoms with Gasteiger partial charge in [0.15, 0.2) is 23.3 Å². The summed E-state index contributed by atoms with van der Waals surface area (Å²) < 4.78 is 32.4. The molecule has 0 unspecified atom stereocenters. The summed E-state index contributed by atoms with van der Waals surface area (Å²) in [4.78, 5) is 3.73. The first-order valence-corrected chi connectivity index (χ1v) is 6.36. The summed E-state index contributed by atoms with van der Waals surface area (Å²) in [7, 11) is 0. The summed E-state index contributed by atoms with van der Waals surface area (Å²) in [6.45, 7) is 3.84. The van der Waals surface area contributed by atoms with E-state index in [-0.39, 0.29) is 17.7 Å². The molecule has 1 heterocycles. The summed E-state index contributed by atoms with van der Waals surface area (Å²) in [6.07, 6.45) is 0.0678. The number of benzene rings is 1. The number of anilines is 3. The molecule has 2 aromatic rings. The van der Waals surface area contributed by atoms with Crippen molar-refractivity contribution in [2.24, 2.45) is 5.84 Å². The number of nitrogens with one attached hydrogen (secondary N) is 2. The zero-order valence-electron chi connectivity index (χ0n) is 11.7. The van der Waals surface area contributed by atoms with Gasteiger partial charge in [-0.25, -0.2) is 19.6 Å². The van der Waals surface area contributed by atoms with Crippen LogP contribution in [0.15, 0.2) is 30.3 Å². The lowest BCUT2D eigenvalue weighted by Crippen LogP contribution is -2.12. The van der Waals surface area contributed by atoms with E-state index >= 15 is 0 Å². The van der Waals surface area contributed by atoms with Gasteiger partial charge in [0.25, 0.3) is 0 Å². The average molecular weight is 294 g/mol. The Labute approximate surface area is 121 Å². The normalized spacial score (nSPS) is 10.6. The monoisotopic (exact) mass is 294 g/mol. The van der Waals surface area contributed by atoms with Crippen LogP contribution in [0, 0.1) is 11.6 Å². The third-order valence-corrected chi connectivity index (χ3v) is 2.56. The lowest BCUT2D eigenvalue weighted by atomic mass is 10.3. The van der Waals surface area contributed by atoms with Gasteiger partial charge in [-0.3, -0.25) is 0 Å². The maximum absolute atomic E-state index is 13.6. The maximum atomic E-state index is 13.6. The quantitative estimate of drug-likeness (QED) is 0.583. The molecule has 0 aliphatic heterocycles. The van der Waals surface area contributed by atoms with Gasteiger partial charge in [-0.05, 0) is 38.1 Å². The summed E-state index contributed by atoms with van der Waals surface area (Å²) in [5, 5.41) is 2.75. The number of ether oxygens (including phenoxy) is 1. The molecule has 0 aliphatic rings. The van der Waals surface area contributed by atoms with E-state index in [0.29, 0.717) is 17.5 Å². The molecule has 2 rings (SSSR count). The first kappa shape index (κ1) is 15.0. The third kappa shape index (κ3) is 3.79. The van der Waals surface area contributed by atoms with Crippen LogP contribution in [-0.2, 0) is 0 Å². The fourth-order valence-corrected chi connectivity index (χ4v) is 1.68. The van der Waals surface area contributed by atoms with E-state index in [2.05, 4.69) is 15.7 Å². The molecular formula is C14H16F2N4O. The van der Waals surface area contributed by atoms with Crippen LogP contribution in [0.5, 0.6) is 5.75 Å². The molecule has 0 saturated carbocycles. The van der Waals surface area contributed by atoms with E-state index in [1.807, 2.05) is 13.8 Å². The van der Waals surface area contributed by atoms with Crippen LogP contribution < -0.4 is 21.3 Å². The number of halogens is 2. The Morgan fingerprint density at radius 1 is 1.10 bits per heavy atom. The number of nitrogens with two attached hydrogens (primary N) is 1. The fraction of sp³-hybridized carbons (Fsp3) is 0.214. The van der Waals surface area contributed by atoms with Crippen LogP contribution >= 0.6 is 0 Å². The van der Waals surface area contributed by atoms with E-state index < -0.39 is 11.6 Å². The summed E-state index contributed by atoms with van der Waals surface area (Å²) in [5.74, 6) is 3.78. The van der Waals surface area contributed by atoms with Crippen LogP contribution in [0.1, 0.15) is 13.8 Å². The second-order valence-corrected chi connectivity index (χ2v) is 4.61. The lowest BCUT2D eigenvalue weighted by molar-refractivity contribution is 0.242. The Bertz CT molecular complexity index is 617. The average Bonchev–Trinajstić information content (AvgIpc) is 2.43. The molecule has 7 heteroatoms. The highest BCUT2D eigenvalue weighted by Gasteiger charge is 2.11. The number of hydrogen-bond acceptors (Lipinski definition) is 5. The van der Waals surface area contributed by atoms with Crippen molar-refractivity contribution in [3.63, 3.8) is 0 Å². The highest BCUT2D eigenvalue weighted by Crippen LogP contribution is 2.23. The Kier molecular flexibility index (Phi) is 4.54. The molecule has 21 heavy (non-hydrogen) atoms. The number of hydrogen-bond donors (Lipinski definition) is 3. The van der Waals surface area contributed by atoms with Crippen molar-refractivity contribution in [3.8, 4) is 5.75 Å². The molecule has 5 nitrogen and oxygen atoms in total. The van der Waals surface area contributed by atoms with Crippen molar-refractivity contribution in [1.82, 2.24) is 4.98 Å². The van der Waals surface area contributed by atoms with E-state index in [4.69, 9.17) is 10.6 Å². The molecule has 0 amide bonds. The van der Waals surface area contributed by atoms with E-state index in [1.54, 1.807) is 24.3 Å². The minimum Gasteiger partial charge on any atom is -0.491 e. The van der Waals surface area contributed by atoms with E-state index in [0.717, 1.165) is 0 Å². The topological polar surface area (TPSA) is 72.2 Å². The summed E-state index contributed by atoms with van der Waals surface area (Å²) in [6, 6.07) is 7.61. The van der Waals surface area contributed by atoms with Crippen LogP contribution in [0.4, 0.5) is 26.1 Å². The van der Waals surface area contributed by atoms with E-state index in [1.165, 1.54) is 0 Å². The first-order valence-electron chi connectivity index (χ1n) is 6.36. The van der Waals surface area contributed by atoms with Crippen LogP contribution in [0.3, 0.4) is 0 Å². The summed E-state index contributed by atoms with van der Waals surface area (Å²) >= 11 is 0. The number of rotatable bonds is 5. The molecule has 0 atom stereocenters. The molecule has 0 bridgehead atoms. The van der Waals surface area contributed by atoms with Gasteiger partial charge in [0.05, 0.1) is 6.10 Å². The number of hydrazine groups is 1. The van der Waals surface area contributed by atoms with Gasteiger partial charge < -0.3 is 15.5 Å². The van der Waals surface area contributed by atoms with Gasteiger partial charge in [-0.15, -0.1) is 0 Å². The molecular weight excluding hydrogens is 278 g/mol. The van der Waals surface area contributed by atoms with Gasteiger partial charge in [-0.1, -0.05) is 0 Å². The third-order valence-electron chi connectivity index (χ3n) is 2.56. The van der Waals surface area contributed by atoms with Gasteiger partial charge in [0, 0.05) is 11.8 Å². The Morgan fingerprint density at radius 3 is 2.29 bits per heavy atom. The highest BCUT2D eigenvalue weighted by molar-refractivity contribution is 5.59. The van der Waals surface area contributed by atoms with Gasteiger partial charge in [0.2, 0.25) is 0 Å². The van der Waals surface area contributed by atoms with E-state index in [9.17, 15) is 8.78 Å². The Balaban J connectivity index is 2.18. The van der Waals surface area contributed by atoms with Crippen molar-refractivity contribution in [2.45, 2.75) is 20.0 Å². The number of nitrogens with zero attached hydrogens (tertiary/aromatic N) is 1. The lowest BCUT2D eigenvalue weighted by Gasteiger charge is -2.12. The van der Waals surface area contributed by atoms with Crippen LogP contribution in [0.25, 0.3) is 0 Å². The van der Waals surface area contributed by atoms with Crippen molar-refractivity contribution in [2.75, 3.05) is 10.7 Å². The predicted octanol–water partition coefficient (Wildman–Crippen LogP) is 3.18. The fourth-order valence-electron chi connectivity index (χ4n) is 1.68. The second-order valence-electron chi connectivity index (χ2n) is 4.61. The smallest absolute Gasteiger partial charge is 0.178 e. The van der Waals surface area contributed by atoms with Gasteiger partial charge in [-0.2, -0.15) is 0 Å². The molecule has 0 radical (unpaired) electrons.